The number of anilines is 1. The third-order valence-corrected chi connectivity index (χ3v) is 4.28. The first-order valence-corrected chi connectivity index (χ1v) is 8.78. The SMILES string of the molecule is COc1cc(OC)cc(C(=O)NCCNc2ccnc3cc(Cl)ccc23)c1. The van der Waals surface area contributed by atoms with E-state index >= 15 is 0 Å². The quantitative estimate of drug-likeness (QED) is 0.606. The zero-order valence-corrected chi connectivity index (χ0v) is 15.8. The molecule has 0 saturated heterocycles. The first-order chi connectivity index (χ1) is 13.1. The number of nitrogens with zero attached hydrogens (tertiary/aromatic N) is 1. The minimum atomic E-state index is -0.194. The van der Waals surface area contributed by atoms with Gasteiger partial charge in [0, 0.05) is 47.0 Å². The Morgan fingerprint density at radius 3 is 2.48 bits per heavy atom. The third kappa shape index (κ3) is 4.60. The monoisotopic (exact) mass is 385 g/mol. The summed E-state index contributed by atoms with van der Waals surface area (Å²) < 4.78 is 10.4. The minimum Gasteiger partial charge on any atom is -0.497 e. The molecule has 0 aliphatic rings. The Bertz CT molecular complexity index is 940. The van der Waals surface area contributed by atoms with Gasteiger partial charge in [-0.05, 0) is 36.4 Å². The van der Waals surface area contributed by atoms with Crippen molar-refractivity contribution in [3.05, 3.63) is 59.2 Å². The van der Waals surface area contributed by atoms with Crippen LogP contribution in [0.4, 0.5) is 5.69 Å². The van der Waals surface area contributed by atoms with E-state index in [4.69, 9.17) is 21.1 Å². The first kappa shape index (κ1) is 18.8. The molecule has 6 nitrogen and oxygen atoms in total. The Morgan fingerprint density at radius 1 is 1.04 bits per heavy atom. The van der Waals surface area contributed by atoms with E-state index < -0.39 is 0 Å². The lowest BCUT2D eigenvalue weighted by atomic mass is 10.2. The number of methoxy groups -OCH3 is 2. The van der Waals surface area contributed by atoms with Crippen molar-refractivity contribution in [2.24, 2.45) is 0 Å². The van der Waals surface area contributed by atoms with Gasteiger partial charge < -0.3 is 20.1 Å². The van der Waals surface area contributed by atoms with Crippen LogP contribution < -0.4 is 20.1 Å². The third-order valence-electron chi connectivity index (χ3n) is 4.04. The maximum Gasteiger partial charge on any atom is 0.251 e. The molecule has 0 radical (unpaired) electrons. The molecule has 3 rings (SSSR count). The molecule has 7 heteroatoms. The number of halogens is 1. The molecule has 140 valence electrons. The van der Waals surface area contributed by atoms with Gasteiger partial charge in [0.1, 0.15) is 11.5 Å². The zero-order valence-electron chi connectivity index (χ0n) is 15.1. The maximum atomic E-state index is 12.4. The summed E-state index contributed by atoms with van der Waals surface area (Å²) in [7, 11) is 3.10. The minimum absolute atomic E-state index is 0.194. The molecule has 1 aromatic heterocycles. The summed E-state index contributed by atoms with van der Waals surface area (Å²) in [5, 5.41) is 7.82. The Labute approximate surface area is 162 Å². The van der Waals surface area contributed by atoms with Gasteiger partial charge in [-0.25, -0.2) is 0 Å². The van der Waals surface area contributed by atoms with Crippen molar-refractivity contribution in [2.45, 2.75) is 0 Å². The van der Waals surface area contributed by atoms with Crippen molar-refractivity contribution in [1.82, 2.24) is 10.3 Å². The molecule has 0 atom stereocenters. The van der Waals surface area contributed by atoms with Crippen LogP contribution in [-0.4, -0.2) is 38.2 Å². The number of aromatic nitrogens is 1. The van der Waals surface area contributed by atoms with E-state index in [0.717, 1.165) is 16.6 Å². The van der Waals surface area contributed by atoms with Crippen LogP contribution in [0.3, 0.4) is 0 Å². The number of carbonyl (C=O) groups is 1. The smallest absolute Gasteiger partial charge is 0.251 e. The molecular formula is C20H20ClN3O3. The fourth-order valence-electron chi connectivity index (χ4n) is 2.69. The molecule has 0 fully saturated rings. The van der Waals surface area contributed by atoms with Gasteiger partial charge in [-0.3, -0.25) is 9.78 Å². The molecule has 0 aliphatic heterocycles. The first-order valence-electron chi connectivity index (χ1n) is 8.40. The lowest BCUT2D eigenvalue weighted by molar-refractivity contribution is 0.0954. The molecule has 3 aromatic rings. The molecule has 0 saturated carbocycles. The van der Waals surface area contributed by atoms with Crippen molar-refractivity contribution in [3.63, 3.8) is 0 Å². The summed E-state index contributed by atoms with van der Waals surface area (Å²) in [6.07, 6.45) is 1.72. The lowest BCUT2D eigenvalue weighted by Crippen LogP contribution is -2.28. The molecule has 2 aromatic carbocycles. The largest absolute Gasteiger partial charge is 0.497 e. The van der Waals surface area contributed by atoms with Crippen molar-refractivity contribution in [3.8, 4) is 11.5 Å². The molecule has 0 bridgehead atoms. The Morgan fingerprint density at radius 2 is 1.78 bits per heavy atom. The van der Waals surface area contributed by atoms with Gasteiger partial charge in [-0.15, -0.1) is 0 Å². The summed E-state index contributed by atoms with van der Waals surface area (Å²) in [5.74, 6) is 0.944. The average molecular weight is 386 g/mol. The normalized spacial score (nSPS) is 10.5. The predicted octanol–water partition coefficient (Wildman–Crippen LogP) is 3.75. The standard InChI is InChI=1S/C20H20ClN3O3/c1-26-15-9-13(10-16(12-15)27-2)20(25)24-8-7-23-18-5-6-22-19-11-14(21)3-4-17(18)19/h3-6,9-12H,7-8H2,1-2H3,(H,22,23)(H,24,25). The van der Waals surface area contributed by atoms with Crippen LogP contribution in [-0.2, 0) is 0 Å². The number of rotatable bonds is 7. The predicted molar refractivity (Wildman–Crippen MR) is 107 cm³/mol. The second-order valence-corrected chi connectivity index (χ2v) is 6.24. The zero-order chi connectivity index (χ0) is 19.2. The van der Waals surface area contributed by atoms with Gasteiger partial charge in [0.25, 0.3) is 5.91 Å². The summed E-state index contributed by atoms with van der Waals surface area (Å²) in [4.78, 5) is 16.7. The fourth-order valence-corrected chi connectivity index (χ4v) is 2.86. The highest BCUT2D eigenvalue weighted by Gasteiger charge is 2.09. The summed E-state index contributed by atoms with van der Waals surface area (Å²) in [6.45, 7) is 1.02. The van der Waals surface area contributed by atoms with Gasteiger partial charge >= 0.3 is 0 Å². The molecule has 2 N–H and O–H groups in total. The van der Waals surface area contributed by atoms with E-state index in [1.807, 2.05) is 24.3 Å². The molecular weight excluding hydrogens is 366 g/mol. The molecule has 27 heavy (non-hydrogen) atoms. The second-order valence-electron chi connectivity index (χ2n) is 5.80. The highest BCUT2D eigenvalue weighted by atomic mass is 35.5. The van der Waals surface area contributed by atoms with Crippen molar-refractivity contribution in [2.75, 3.05) is 32.6 Å². The Kier molecular flexibility index (Phi) is 5.98. The molecule has 1 heterocycles. The molecule has 0 unspecified atom stereocenters. The van der Waals surface area contributed by atoms with E-state index in [2.05, 4.69) is 15.6 Å². The van der Waals surface area contributed by atoms with E-state index in [0.29, 0.717) is 35.2 Å². The number of fused-ring (bicyclic) bond motifs is 1. The van der Waals surface area contributed by atoms with Crippen molar-refractivity contribution in [1.29, 1.82) is 0 Å². The number of hydrogen-bond donors (Lipinski definition) is 2. The van der Waals surface area contributed by atoms with Crippen LogP contribution in [0, 0.1) is 0 Å². The highest BCUT2D eigenvalue weighted by molar-refractivity contribution is 6.31. The van der Waals surface area contributed by atoms with Gasteiger partial charge in [-0.2, -0.15) is 0 Å². The number of nitrogens with one attached hydrogen (secondary N) is 2. The van der Waals surface area contributed by atoms with Gasteiger partial charge in [0.2, 0.25) is 0 Å². The second kappa shape index (κ2) is 8.60. The van der Waals surface area contributed by atoms with Crippen LogP contribution in [0.15, 0.2) is 48.7 Å². The van der Waals surface area contributed by atoms with Crippen molar-refractivity contribution < 1.29 is 14.3 Å². The Hall–Kier alpha value is -2.99. The fraction of sp³-hybridized carbons (Fsp3) is 0.200. The average Bonchev–Trinajstić information content (AvgIpc) is 2.70. The number of carbonyl (C=O) groups excluding carboxylic acids is 1. The van der Waals surface area contributed by atoms with Crippen LogP contribution in [0.1, 0.15) is 10.4 Å². The number of benzene rings is 2. The molecule has 1 amide bonds. The van der Waals surface area contributed by atoms with E-state index in [1.54, 1.807) is 38.6 Å². The van der Waals surface area contributed by atoms with E-state index in [1.165, 1.54) is 0 Å². The van der Waals surface area contributed by atoms with Gasteiger partial charge in [-0.1, -0.05) is 11.6 Å². The summed E-state index contributed by atoms with van der Waals surface area (Å²) in [6, 6.07) is 12.5. The van der Waals surface area contributed by atoms with Crippen LogP contribution >= 0.6 is 11.6 Å². The number of amides is 1. The lowest BCUT2D eigenvalue weighted by Gasteiger charge is -2.11. The topological polar surface area (TPSA) is 72.5 Å². The van der Waals surface area contributed by atoms with E-state index in [9.17, 15) is 4.79 Å². The van der Waals surface area contributed by atoms with E-state index in [-0.39, 0.29) is 5.91 Å². The number of ether oxygens (including phenoxy) is 2. The highest BCUT2D eigenvalue weighted by Crippen LogP contribution is 2.24. The number of pyridine rings is 1. The Balaban J connectivity index is 1.60. The molecule has 0 spiro atoms. The number of hydrogen-bond acceptors (Lipinski definition) is 5. The summed E-state index contributed by atoms with van der Waals surface area (Å²) in [5.41, 5.74) is 2.24. The maximum absolute atomic E-state index is 12.4. The van der Waals surface area contributed by atoms with Gasteiger partial charge in [0.05, 0.1) is 19.7 Å². The molecule has 0 aliphatic carbocycles. The van der Waals surface area contributed by atoms with Crippen LogP contribution in [0.2, 0.25) is 5.02 Å². The van der Waals surface area contributed by atoms with Crippen LogP contribution in [0.25, 0.3) is 10.9 Å². The van der Waals surface area contributed by atoms with Crippen LogP contribution in [0.5, 0.6) is 11.5 Å². The summed E-state index contributed by atoms with van der Waals surface area (Å²) >= 11 is 6.01. The van der Waals surface area contributed by atoms with Crippen molar-refractivity contribution >= 4 is 34.1 Å². The van der Waals surface area contributed by atoms with Gasteiger partial charge in [0.15, 0.2) is 0 Å².